The van der Waals surface area contributed by atoms with Crippen LogP contribution in [0.5, 0.6) is 11.5 Å². The molecule has 3 nitrogen and oxygen atoms in total. The first-order valence-corrected chi connectivity index (χ1v) is 5.39. The number of nitrogens with one attached hydrogen (secondary N) is 1. The standard InChI is InChI=1S/C12H16FNO2/c1-12(4-3-5-14-12)8-6-10(15)11(16-2)7-9(8)13/h6-7,14-15H,3-5H2,1-2H3. The molecule has 1 heterocycles. The van der Waals surface area contributed by atoms with Gasteiger partial charge in [-0.05, 0) is 32.4 Å². The third-order valence-corrected chi connectivity index (χ3v) is 3.23. The van der Waals surface area contributed by atoms with Crippen molar-refractivity contribution in [2.75, 3.05) is 13.7 Å². The molecule has 0 amide bonds. The number of benzene rings is 1. The molecule has 1 unspecified atom stereocenters. The fourth-order valence-corrected chi connectivity index (χ4v) is 2.25. The molecule has 1 fully saturated rings. The maximum Gasteiger partial charge on any atom is 0.163 e. The molecule has 88 valence electrons. The van der Waals surface area contributed by atoms with Crippen LogP contribution in [-0.4, -0.2) is 18.8 Å². The van der Waals surface area contributed by atoms with Crippen LogP contribution in [0.3, 0.4) is 0 Å². The maximum atomic E-state index is 13.9. The zero-order chi connectivity index (χ0) is 11.8. The highest BCUT2D eigenvalue weighted by molar-refractivity contribution is 5.45. The number of methoxy groups -OCH3 is 1. The van der Waals surface area contributed by atoms with Gasteiger partial charge in [0.25, 0.3) is 0 Å². The van der Waals surface area contributed by atoms with E-state index in [2.05, 4.69) is 5.32 Å². The van der Waals surface area contributed by atoms with E-state index in [-0.39, 0.29) is 22.9 Å². The summed E-state index contributed by atoms with van der Waals surface area (Å²) in [5.74, 6) is -0.191. The van der Waals surface area contributed by atoms with E-state index in [9.17, 15) is 9.50 Å². The Morgan fingerprint density at radius 1 is 1.50 bits per heavy atom. The minimum atomic E-state index is -0.381. The second-order valence-electron chi connectivity index (χ2n) is 4.37. The van der Waals surface area contributed by atoms with Crippen molar-refractivity contribution >= 4 is 0 Å². The number of hydrogen-bond donors (Lipinski definition) is 2. The Kier molecular flexibility index (Phi) is 2.76. The van der Waals surface area contributed by atoms with Gasteiger partial charge in [-0.3, -0.25) is 0 Å². The first-order chi connectivity index (χ1) is 7.57. The minimum Gasteiger partial charge on any atom is -0.504 e. The lowest BCUT2D eigenvalue weighted by atomic mass is 9.90. The highest BCUT2D eigenvalue weighted by Crippen LogP contribution is 2.37. The highest BCUT2D eigenvalue weighted by Gasteiger charge is 2.33. The lowest BCUT2D eigenvalue weighted by Crippen LogP contribution is -2.34. The Morgan fingerprint density at radius 3 is 2.81 bits per heavy atom. The molecule has 2 rings (SSSR count). The van der Waals surface area contributed by atoms with Crippen LogP contribution in [0.25, 0.3) is 0 Å². The first kappa shape index (κ1) is 11.2. The fourth-order valence-electron chi connectivity index (χ4n) is 2.25. The molecule has 16 heavy (non-hydrogen) atoms. The van der Waals surface area contributed by atoms with Crippen molar-refractivity contribution in [3.05, 3.63) is 23.5 Å². The van der Waals surface area contributed by atoms with Crippen LogP contribution < -0.4 is 10.1 Å². The molecule has 0 aromatic heterocycles. The lowest BCUT2D eigenvalue weighted by molar-refractivity contribution is 0.360. The number of halogens is 1. The minimum absolute atomic E-state index is 0.0196. The van der Waals surface area contributed by atoms with Gasteiger partial charge >= 0.3 is 0 Å². The summed E-state index contributed by atoms with van der Waals surface area (Å²) in [5, 5.41) is 12.9. The second-order valence-corrected chi connectivity index (χ2v) is 4.37. The molecule has 0 bridgehead atoms. The Hall–Kier alpha value is -1.29. The van der Waals surface area contributed by atoms with E-state index >= 15 is 0 Å². The number of aromatic hydroxyl groups is 1. The van der Waals surface area contributed by atoms with Crippen molar-refractivity contribution in [3.8, 4) is 11.5 Å². The summed E-state index contributed by atoms with van der Waals surface area (Å²) < 4.78 is 18.7. The van der Waals surface area contributed by atoms with Crippen LogP contribution in [0, 0.1) is 5.82 Å². The topological polar surface area (TPSA) is 41.5 Å². The van der Waals surface area contributed by atoms with E-state index in [4.69, 9.17) is 4.74 Å². The summed E-state index contributed by atoms with van der Waals surface area (Å²) in [6.45, 7) is 2.83. The summed E-state index contributed by atoms with van der Waals surface area (Å²) in [6.07, 6.45) is 1.89. The zero-order valence-electron chi connectivity index (χ0n) is 9.51. The van der Waals surface area contributed by atoms with Gasteiger partial charge in [0.15, 0.2) is 11.5 Å². The molecule has 0 radical (unpaired) electrons. The van der Waals surface area contributed by atoms with Crippen molar-refractivity contribution in [2.45, 2.75) is 25.3 Å². The van der Waals surface area contributed by atoms with Crippen molar-refractivity contribution < 1.29 is 14.2 Å². The molecule has 0 spiro atoms. The third kappa shape index (κ3) is 1.73. The van der Waals surface area contributed by atoms with E-state index < -0.39 is 0 Å². The first-order valence-electron chi connectivity index (χ1n) is 5.39. The van der Waals surface area contributed by atoms with Gasteiger partial charge in [0.05, 0.1) is 7.11 Å². The lowest BCUT2D eigenvalue weighted by Gasteiger charge is -2.26. The number of rotatable bonds is 2. The van der Waals surface area contributed by atoms with Crippen LogP contribution in [0.1, 0.15) is 25.3 Å². The molecule has 4 heteroatoms. The van der Waals surface area contributed by atoms with Crippen LogP contribution in [-0.2, 0) is 5.54 Å². The molecular weight excluding hydrogens is 209 g/mol. The van der Waals surface area contributed by atoms with E-state index in [1.807, 2.05) is 6.92 Å². The molecule has 1 aliphatic heterocycles. The van der Waals surface area contributed by atoms with Gasteiger partial charge in [-0.25, -0.2) is 4.39 Å². The van der Waals surface area contributed by atoms with Crippen LogP contribution in [0.15, 0.2) is 12.1 Å². The normalized spacial score (nSPS) is 24.7. The van der Waals surface area contributed by atoms with E-state index in [0.717, 1.165) is 19.4 Å². The summed E-state index contributed by atoms with van der Waals surface area (Å²) in [4.78, 5) is 0. The predicted octanol–water partition coefficient (Wildman–Crippen LogP) is 2.14. The van der Waals surface area contributed by atoms with Gasteiger partial charge < -0.3 is 15.2 Å². The molecule has 1 saturated heterocycles. The molecule has 1 aromatic rings. The quantitative estimate of drug-likeness (QED) is 0.810. The molecule has 0 saturated carbocycles. The summed E-state index contributed by atoms with van der Waals surface area (Å²) in [5.41, 5.74) is 0.122. The van der Waals surface area contributed by atoms with Crippen molar-refractivity contribution in [2.24, 2.45) is 0 Å². The number of hydrogen-bond acceptors (Lipinski definition) is 3. The Labute approximate surface area is 94.2 Å². The maximum absolute atomic E-state index is 13.9. The summed E-state index contributed by atoms with van der Waals surface area (Å²) in [7, 11) is 1.41. The van der Waals surface area contributed by atoms with Crippen molar-refractivity contribution in [1.82, 2.24) is 5.32 Å². The molecule has 0 aliphatic carbocycles. The molecular formula is C12H16FNO2. The van der Waals surface area contributed by atoms with Crippen molar-refractivity contribution in [1.29, 1.82) is 0 Å². The van der Waals surface area contributed by atoms with Gasteiger partial charge in [0, 0.05) is 17.2 Å². The van der Waals surface area contributed by atoms with Crippen LogP contribution >= 0.6 is 0 Å². The Bertz CT molecular complexity index is 400. The zero-order valence-corrected chi connectivity index (χ0v) is 9.51. The van der Waals surface area contributed by atoms with Gasteiger partial charge in [0.2, 0.25) is 0 Å². The van der Waals surface area contributed by atoms with E-state index in [1.165, 1.54) is 19.2 Å². The predicted molar refractivity (Wildman–Crippen MR) is 59.2 cm³/mol. The van der Waals surface area contributed by atoms with Gasteiger partial charge in [-0.2, -0.15) is 0 Å². The Morgan fingerprint density at radius 2 is 2.25 bits per heavy atom. The average molecular weight is 225 g/mol. The Balaban J connectivity index is 2.45. The van der Waals surface area contributed by atoms with Gasteiger partial charge in [-0.1, -0.05) is 0 Å². The average Bonchev–Trinajstić information content (AvgIpc) is 2.69. The van der Waals surface area contributed by atoms with E-state index in [0.29, 0.717) is 5.56 Å². The largest absolute Gasteiger partial charge is 0.504 e. The number of ether oxygens (including phenoxy) is 1. The number of phenolic OH excluding ortho intramolecular Hbond substituents is 1. The van der Waals surface area contributed by atoms with E-state index in [1.54, 1.807) is 0 Å². The number of phenols is 1. The SMILES string of the molecule is COc1cc(F)c(C2(C)CCCN2)cc1O. The third-order valence-electron chi connectivity index (χ3n) is 3.23. The summed E-state index contributed by atoms with van der Waals surface area (Å²) in [6, 6.07) is 2.68. The second kappa shape index (κ2) is 3.94. The van der Waals surface area contributed by atoms with Gasteiger partial charge in [-0.15, -0.1) is 0 Å². The molecule has 2 N–H and O–H groups in total. The van der Waals surface area contributed by atoms with Gasteiger partial charge in [0.1, 0.15) is 5.82 Å². The molecule has 1 aromatic carbocycles. The molecule has 1 atom stereocenters. The fraction of sp³-hybridized carbons (Fsp3) is 0.500. The smallest absolute Gasteiger partial charge is 0.163 e. The highest BCUT2D eigenvalue weighted by atomic mass is 19.1. The van der Waals surface area contributed by atoms with Crippen LogP contribution in [0.4, 0.5) is 4.39 Å². The monoisotopic (exact) mass is 225 g/mol. The summed E-state index contributed by atoms with van der Waals surface area (Å²) >= 11 is 0. The van der Waals surface area contributed by atoms with Crippen molar-refractivity contribution in [3.63, 3.8) is 0 Å². The van der Waals surface area contributed by atoms with Crippen LogP contribution in [0.2, 0.25) is 0 Å². The molecule has 1 aliphatic rings.